The number of hydrogen-bond donors (Lipinski definition) is 1. The van der Waals surface area contributed by atoms with Gasteiger partial charge in [-0.25, -0.2) is 8.78 Å². The summed E-state index contributed by atoms with van der Waals surface area (Å²) in [5.41, 5.74) is 0.117. The Balaban J connectivity index is 2.47. The molecule has 6 heteroatoms. The molecule has 1 heterocycles. The highest BCUT2D eigenvalue weighted by molar-refractivity contribution is 7.81. The van der Waals surface area contributed by atoms with Crippen LogP contribution >= 0.6 is 12.6 Å². The molecule has 1 saturated heterocycles. The zero-order valence-corrected chi connectivity index (χ0v) is 10.0. The first kappa shape index (κ1) is 12.2. The highest BCUT2D eigenvalue weighted by atomic mass is 32.1. The third kappa shape index (κ3) is 2.22. The molecule has 1 unspecified atom stereocenters. The molecule has 1 fully saturated rings. The molecular formula is C11H11F2NO2S. The van der Waals surface area contributed by atoms with Gasteiger partial charge in [-0.15, -0.1) is 0 Å². The molecule has 0 aromatic heterocycles. The van der Waals surface area contributed by atoms with E-state index in [2.05, 4.69) is 12.6 Å². The Bertz CT molecular complexity index is 467. The van der Waals surface area contributed by atoms with Gasteiger partial charge in [0.1, 0.15) is 5.82 Å². The van der Waals surface area contributed by atoms with Crippen LogP contribution < -0.4 is 9.64 Å². The molecule has 1 aliphatic heterocycles. The van der Waals surface area contributed by atoms with Crippen molar-refractivity contribution in [3.05, 3.63) is 23.8 Å². The van der Waals surface area contributed by atoms with Gasteiger partial charge in [-0.2, -0.15) is 12.6 Å². The van der Waals surface area contributed by atoms with E-state index in [1.807, 2.05) is 0 Å². The number of ether oxygens (including phenoxy) is 1. The topological polar surface area (TPSA) is 29.5 Å². The summed E-state index contributed by atoms with van der Waals surface area (Å²) < 4.78 is 31.5. The number of halogens is 2. The summed E-state index contributed by atoms with van der Waals surface area (Å²) in [5.74, 6) is -1.90. The molecular weight excluding hydrogens is 248 g/mol. The van der Waals surface area contributed by atoms with E-state index >= 15 is 0 Å². The van der Waals surface area contributed by atoms with Crippen molar-refractivity contribution < 1.29 is 18.3 Å². The summed E-state index contributed by atoms with van der Waals surface area (Å²) in [7, 11) is 1.28. The van der Waals surface area contributed by atoms with Gasteiger partial charge >= 0.3 is 0 Å². The number of carbonyl (C=O) groups is 1. The molecule has 1 aromatic carbocycles. The minimum atomic E-state index is -0.821. The molecule has 3 nitrogen and oxygen atoms in total. The summed E-state index contributed by atoms with van der Waals surface area (Å²) >= 11 is 4.19. The predicted octanol–water partition coefficient (Wildman–Crippen LogP) is 2.01. The lowest BCUT2D eigenvalue weighted by atomic mass is 10.2. The first-order valence-corrected chi connectivity index (χ1v) is 5.56. The lowest BCUT2D eigenvalue weighted by Gasteiger charge is -2.19. The molecule has 0 radical (unpaired) electrons. The van der Waals surface area contributed by atoms with Gasteiger partial charge in [0.15, 0.2) is 11.6 Å². The number of hydrogen-bond acceptors (Lipinski definition) is 3. The van der Waals surface area contributed by atoms with E-state index in [1.54, 1.807) is 0 Å². The number of carbonyl (C=O) groups excluding carboxylic acids is 1. The van der Waals surface area contributed by atoms with Gasteiger partial charge in [0.25, 0.3) is 0 Å². The van der Waals surface area contributed by atoms with E-state index in [-0.39, 0.29) is 29.0 Å². The quantitative estimate of drug-likeness (QED) is 0.823. The van der Waals surface area contributed by atoms with Crippen LogP contribution in [0.5, 0.6) is 5.75 Å². The van der Waals surface area contributed by atoms with Crippen molar-refractivity contribution in [2.75, 3.05) is 18.6 Å². The van der Waals surface area contributed by atoms with Crippen LogP contribution in [-0.2, 0) is 4.79 Å². The van der Waals surface area contributed by atoms with Crippen molar-refractivity contribution in [3.8, 4) is 5.75 Å². The number of methoxy groups -OCH3 is 1. The molecule has 0 aliphatic carbocycles. The monoisotopic (exact) mass is 259 g/mol. The lowest BCUT2D eigenvalue weighted by Crippen LogP contribution is -2.25. The molecule has 0 saturated carbocycles. The Morgan fingerprint density at radius 1 is 1.47 bits per heavy atom. The van der Waals surface area contributed by atoms with E-state index in [4.69, 9.17) is 4.74 Å². The van der Waals surface area contributed by atoms with Crippen LogP contribution in [0, 0.1) is 11.6 Å². The van der Waals surface area contributed by atoms with Crippen molar-refractivity contribution in [2.45, 2.75) is 11.7 Å². The molecule has 1 aliphatic rings. The maximum absolute atomic E-state index is 13.5. The van der Waals surface area contributed by atoms with E-state index in [9.17, 15) is 13.6 Å². The lowest BCUT2D eigenvalue weighted by molar-refractivity contribution is -0.117. The fourth-order valence-corrected chi connectivity index (χ4v) is 2.19. The first-order valence-electron chi connectivity index (χ1n) is 5.04. The maximum Gasteiger partial charge on any atom is 0.228 e. The van der Waals surface area contributed by atoms with Crippen molar-refractivity contribution in [2.24, 2.45) is 0 Å². The van der Waals surface area contributed by atoms with Crippen LogP contribution in [0.1, 0.15) is 6.42 Å². The SMILES string of the molecule is COc1c(F)cc(F)cc1N1CC(S)CC1=O. The zero-order valence-electron chi connectivity index (χ0n) is 9.11. The van der Waals surface area contributed by atoms with Crippen LogP contribution in [0.3, 0.4) is 0 Å². The third-order valence-corrected chi connectivity index (χ3v) is 2.93. The van der Waals surface area contributed by atoms with Gasteiger partial charge in [-0.3, -0.25) is 4.79 Å². The Kier molecular flexibility index (Phi) is 3.24. The van der Waals surface area contributed by atoms with Crippen molar-refractivity contribution in [1.82, 2.24) is 0 Å². The van der Waals surface area contributed by atoms with Gasteiger partial charge in [0.05, 0.1) is 12.8 Å². The Hall–Kier alpha value is -1.30. The number of anilines is 1. The van der Waals surface area contributed by atoms with Gasteiger partial charge in [0, 0.05) is 30.3 Å². The van der Waals surface area contributed by atoms with Crippen LogP contribution in [0.15, 0.2) is 12.1 Å². The summed E-state index contributed by atoms with van der Waals surface area (Å²) in [6.45, 7) is 0.321. The van der Waals surface area contributed by atoms with Gasteiger partial charge < -0.3 is 9.64 Å². The van der Waals surface area contributed by atoms with E-state index in [1.165, 1.54) is 12.0 Å². The van der Waals surface area contributed by atoms with Crippen molar-refractivity contribution in [1.29, 1.82) is 0 Å². The second-order valence-corrected chi connectivity index (χ2v) is 4.53. The average molecular weight is 259 g/mol. The zero-order chi connectivity index (χ0) is 12.6. The predicted molar refractivity (Wildman–Crippen MR) is 62.7 cm³/mol. The molecule has 17 heavy (non-hydrogen) atoms. The third-order valence-electron chi connectivity index (χ3n) is 2.59. The van der Waals surface area contributed by atoms with E-state index in [0.717, 1.165) is 12.1 Å². The maximum atomic E-state index is 13.5. The molecule has 1 amide bonds. The largest absolute Gasteiger partial charge is 0.492 e. The number of thiol groups is 1. The second-order valence-electron chi connectivity index (χ2n) is 3.80. The summed E-state index contributed by atoms with van der Waals surface area (Å²) in [5, 5.41) is -0.126. The molecule has 2 rings (SSSR count). The van der Waals surface area contributed by atoms with Gasteiger partial charge in [-0.05, 0) is 0 Å². The van der Waals surface area contributed by atoms with Crippen molar-refractivity contribution >= 4 is 24.2 Å². The fourth-order valence-electron chi connectivity index (χ4n) is 1.87. The van der Waals surface area contributed by atoms with Gasteiger partial charge in [-0.1, -0.05) is 0 Å². The number of nitrogens with zero attached hydrogens (tertiary/aromatic N) is 1. The second kappa shape index (κ2) is 4.52. The minimum absolute atomic E-state index is 0.117. The normalized spacial score (nSPS) is 19.9. The smallest absolute Gasteiger partial charge is 0.228 e. The summed E-state index contributed by atoms with van der Waals surface area (Å²) in [6, 6.07) is 1.81. The molecule has 92 valence electrons. The van der Waals surface area contributed by atoms with E-state index < -0.39 is 11.6 Å². The Labute approximate surface area is 103 Å². The van der Waals surface area contributed by atoms with E-state index in [0.29, 0.717) is 6.54 Å². The number of rotatable bonds is 2. The molecule has 0 bridgehead atoms. The molecule has 0 N–H and O–H groups in total. The average Bonchev–Trinajstić information content (AvgIpc) is 2.56. The highest BCUT2D eigenvalue weighted by Crippen LogP contribution is 2.35. The van der Waals surface area contributed by atoms with Crippen molar-refractivity contribution in [3.63, 3.8) is 0 Å². The summed E-state index contributed by atoms with van der Waals surface area (Å²) in [4.78, 5) is 12.9. The fraction of sp³-hybridized carbons (Fsp3) is 0.364. The van der Waals surface area contributed by atoms with Crippen LogP contribution in [0.2, 0.25) is 0 Å². The molecule has 1 atom stereocenters. The van der Waals surface area contributed by atoms with Crippen LogP contribution in [0.25, 0.3) is 0 Å². The first-order chi connectivity index (χ1) is 8.02. The number of benzene rings is 1. The van der Waals surface area contributed by atoms with Gasteiger partial charge in [0.2, 0.25) is 5.91 Å². The molecule has 0 spiro atoms. The summed E-state index contributed by atoms with van der Waals surface area (Å²) in [6.07, 6.45) is 0.254. The molecule has 1 aromatic rings. The minimum Gasteiger partial charge on any atom is -0.492 e. The number of amides is 1. The standard InChI is InChI=1S/C11H11F2NO2S/c1-16-11-8(13)2-6(12)3-9(11)14-5-7(17)4-10(14)15/h2-3,7,17H,4-5H2,1H3. The Morgan fingerprint density at radius 2 is 2.18 bits per heavy atom. The highest BCUT2D eigenvalue weighted by Gasteiger charge is 2.31. The van der Waals surface area contributed by atoms with Crippen LogP contribution in [-0.4, -0.2) is 24.8 Å². The Morgan fingerprint density at radius 3 is 2.71 bits per heavy atom. The van der Waals surface area contributed by atoms with Crippen LogP contribution in [0.4, 0.5) is 14.5 Å².